The number of hydrogen-bond donors (Lipinski definition) is 3. The number of rotatable bonds is 6. The Labute approximate surface area is 124 Å². The molecule has 0 bridgehead atoms. The van der Waals surface area contributed by atoms with Gasteiger partial charge in [0.25, 0.3) is 0 Å². The van der Waals surface area contributed by atoms with Gasteiger partial charge >= 0.3 is 0 Å². The normalized spacial score (nSPS) is 17.0. The molecular formula is C13H21N3O2S2. The number of nitrogens with one attached hydrogen (secondary N) is 2. The first-order valence-corrected chi connectivity index (χ1v) is 9.17. The summed E-state index contributed by atoms with van der Waals surface area (Å²) >= 11 is 1.74. The molecule has 0 saturated heterocycles. The third-order valence-electron chi connectivity index (χ3n) is 3.72. The molecule has 0 aromatic heterocycles. The standard InChI is InChI=1S/C13H21N3O2S2/c1-9-6-11(16-14)7-10(2)12(9)20(17,18)15-8-13(19-3)4-5-13/h6-7,15-16H,4-5,8,14H2,1-3H3. The molecule has 20 heavy (non-hydrogen) atoms. The molecule has 0 spiro atoms. The third-order valence-corrected chi connectivity index (χ3v) is 6.85. The maximum atomic E-state index is 12.5. The molecule has 7 heteroatoms. The van der Waals surface area contributed by atoms with Crippen LogP contribution in [0.1, 0.15) is 24.0 Å². The van der Waals surface area contributed by atoms with E-state index in [9.17, 15) is 8.42 Å². The minimum atomic E-state index is -3.48. The lowest BCUT2D eigenvalue weighted by atomic mass is 10.1. The highest BCUT2D eigenvalue weighted by atomic mass is 32.2. The van der Waals surface area contributed by atoms with Crippen molar-refractivity contribution < 1.29 is 8.42 Å². The molecule has 1 aliphatic rings. The predicted molar refractivity (Wildman–Crippen MR) is 84.4 cm³/mol. The first-order chi connectivity index (χ1) is 9.33. The largest absolute Gasteiger partial charge is 0.324 e. The van der Waals surface area contributed by atoms with E-state index < -0.39 is 10.0 Å². The van der Waals surface area contributed by atoms with Crippen molar-refractivity contribution >= 4 is 27.5 Å². The number of thioether (sulfide) groups is 1. The van der Waals surface area contributed by atoms with Gasteiger partial charge in [-0.2, -0.15) is 11.8 Å². The molecule has 1 fully saturated rings. The molecule has 0 amide bonds. The van der Waals surface area contributed by atoms with Crippen LogP contribution in [-0.2, 0) is 10.0 Å². The van der Waals surface area contributed by atoms with Crippen LogP contribution < -0.4 is 16.0 Å². The number of nitrogen functional groups attached to an aromatic ring is 1. The predicted octanol–water partition coefficient (Wildman–Crippen LogP) is 1.76. The van der Waals surface area contributed by atoms with Gasteiger partial charge in [0.15, 0.2) is 0 Å². The molecule has 1 aromatic carbocycles. The van der Waals surface area contributed by atoms with Gasteiger partial charge in [-0.05, 0) is 56.2 Å². The van der Waals surface area contributed by atoms with Gasteiger partial charge in [-0.3, -0.25) is 5.84 Å². The van der Waals surface area contributed by atoms with Gasteiger partial charge in [0, 0.05) is 17.0 Å². The van der Waals surface area contributed by atoms with Crippen LogP contribution in [0.2, 0.25) is 0 Å². The number of anilines is 1. The van der Waals surface area contributed by atoms with E-state index in [-0.39, 0.29) is 4.75 Å². The van der Waals surface area contributed by atoms with Crippen LogP contribution in [0.25, 0.3) is 0 Å². The number of aryl methyl sites for hydroxylation is 2. The monoisotopic (exact) mass is 315 g/mol. The van der Waals surface area contributed by atoms with Crippen LogP contribution >= 0.6 is 11.8 Å². The van der Waals surface area contributed by atoms with Crippen LogP contribution in [0, 0.1) is 13.8 Å². The molecular weight excluding hydrogens is 294 g/mol. The zero-order chi connectivity index (χ0) is 15.0. The van der Waals surface area contributed by atoms with Crippen molar-refractivity contribution in [1.29, 1.82) is 0 Å². The van der Waals surface area contributed by atoms with E-state index in [1.807, 2.05) is 6.26 Å². The van der Waals surface area contributed by atoms with Gasteiger partial charge in [0.2, 0.25) is 10.0 Å². The molecule has 112 valence electrons. The molecule has 0 radical (unpaired) electrons. The van der Waals surface area contributed by atoms with E-state index in [4.69, 9.17) is 5.84 Å². The first-order valence-electron chi connectivity index (χ1n) is 6.46. The fraction of sp³-hybridized carbons (Fsp3) is 0.538. The van der Waals surface area contributed by atoms with Gasteiger partial charge in [0.05, 0.1) is 4.90 Å². The number of hydrazine groups is 1. The summed E-state index contributed by atoms with van der Waals surface area (Å²) < 4.78 is 27.8. The summed E-state index contributed by atoms with van der Waals surface area (Å²) in [6, 6.07) is 3.48. The van der Waals surface area contributed by atoms with Gasteiger partial charge in [-0.15, -0.1) is 0 Å². The van der Waals surface area contributed by atoms with Crippen molar-refractivity contribution in [1.82, 2.24) is 4.72 Å². The molecule has 0 heterocycles. The molecule has 0 atom stereocenters. The summed E-state index contributed by atoms with van der Waals surface area (Å²) in [5.74, 6) is 5.37. The fourth-order valence-electron chi connectivity index (χ4n) is 2.35. The number of benzene rings is 1. The van der Waals surface area contributed by atoms with E-state index in [2.05, 4.69) is 10.1 Å². The Balaban J connectivity index is 2.25. The van der Waals surface area contributed by atoms with Crippen molar-refractivity contribution in [2.24, 2.45) is 5.84 Å². The molecule has 2 rings (SSSR count). The van der Waals surface area contributed by atoms with E-state index in [0.717, 1.165) is 12.8 Å². The van der Waals surface area contributed by atoms with Crippen LogP contribution in [0.15, 0.2) is 17.0 Å². The van der Waals surface area contributed by atoms with Crippen molar-refractivity contribution in [3.05, 3.63) is 23.3 Å². The summed E-state index contributed by atoms with van der Waals surface area (Å²) in [4.78, 5) is 0.355. The van der Waals surface area contributed by atoms with E-state index in [1.165, 1.54) is 0 Å². The Morgan fingerprint density at radius 1 is 1.30 bits per heavy atom. The smallest absolute Gasteiger partial charge is 0.241 e. The van der Waals surface area contributed by atoms with Crippen molar-refractivity contribution in [3.8, 4) is 0 Å². The van der Waals surface area contributed by atoms with Crippen LogP contribution in [0.5, 0.6) is 0 Å². The van der Waals surface area contributed by atoms with E-state index in [1.54, 1.807) is 37.7 Å². The molecule has 0 unspecified atom stereocenters. The Morgan fingerprint density at radius 3 is 2.25 bits per heavy atom. The number of sulfonamides is 1. The van der Waals surface area contributed by atoms with Gasteiger partial charge in [-0.1, -0.05) is 0 Å². The Morgan fingerprint density at radius 2 is 1.85 bits per heavy atom. The van der Waals surface area contributed by atoms with Gasteiger partial charge in [0.1, 0.15) is 0 Å². The Hall–Kier alpha value is -0.760. The number of nitrogens with two attached hydrogens (primary N) is 1. The van der Waals surface area contributed by atoms with Crippen LogP contribution in [0.3, 0.4) is 0 Å². The quantitative estimate of drug-likeness (QED) is 0.550. The molecule has 1 aromatic rings. The molecule has 0 aliphatic heterocycles. The van der Waals surface area contributed by atoms with Crippen LogP contribution in [0.4, 0.5) is 5.69 Å². The summed E-state index contributed by atoms with van der Waals surface area (Å²) in [5, 5.41) is 0. The molecule has 1 saturated carbocycles. The lowest BCUT2D eigenvalue weighted by Crippen LogP contribution is -2.32. The van der Waals surface area contributed by atoms with E-state index in [0.29, 0.717) is 28.3 Å². The molecule has 5 nitrogen and oxygen atoms in total. The highest BCUT2D eigenvalue weighted by Crippen LogP contribution is 2.46. The molecule has 4 N–H and O–H groups in total. The lowest BCUT2D eigenvalue weighted by molar-refractivity contribution is 0.578. The highest BCUT2D eigenvalue weighted by molar-refractivity contribution is 8.00. The fourth-order valence-corrected chi connectivity index (χ4v) is 4.74. The average molecular weight is 315 g/mol. The van der Waals surface area contributed by atoms with E-state index >= 15 is 0 Å². The lowest BCUT2D eigenvalue weighted by Gasteiger charge is -2.17. The Bertz CT molecular complexity index is 587. The topological polar surface area (TPSA) is 84.2 Å². The van der Waals surface area contributed by atoms with Gasteiger partial charge in [-0.25, -0.2) is 13.1 Å². The summed E-state index contributed by atoms with van der Waals surface area (Å²) in [6.45, 7) is 4.06. The summed E-state index contributed by atoms with van der Waals surface area (Å²) in [7, 11) is -3.48. The van der Waals surface area contributed by atoms with Crippen molar-refractivity contribution in [3.63, 3.8) is 0 Å². The highest BCUT2D eigenvalue weighted by Gasteiger charge is 2.42. The molecule has 1 aliphatic carbocycles. The second-order valence-electron chi connectivity index (χ2n) is 5.30. The Kier molecular flexibility index (Phi) is 4.34. The zero-order valence-electron chi connectivity index (χ0n) is 12.0. The zero-order valence-corrected chi connectivity index (χ0v) is 13.6. The average Bonchev–Trinajstić information content (AvgIpc) is 3.16. The maximum Gasteiger partial charge on any atom is 0.241 e. The first kappa shape index (κ1) is 15.6. The van der Waals surface area contributed by atoms with Crippen molar-refractivity contribution in [2.45, 2.75) is 36.3 Å². The number of hydrogen-bond acceptors (Lipinski definition) is 5. The van der Waals surface area contributed by atoms with Crippen molar-refractivity contribution in [2.75, 3.05) is 18.2 Å². The maximum absolute atomic E-state index is 12.5. The third kappa shape index (κ3) is 3.11. The summed E-state index contributed by atoms with van der Waals surface area (Å²) in [5.41, 5.74) is 4.64. The van der Waals surface area contributed by atoms with Gasteiger partial charge < -0.3 is 5.43 Å². The van der Waals surface area contributed by atoms with Crippen LogP contribution in [-0.4, -0.2) is 26.0 Å². The SMILES string of the molecule is CSC1(CNS(=O)(=O)c2c(C)cc(NN)cc2C)CC1. The minimum Gasteiger partial charge on any atom is -0.324 e. The second kappa shape index (κ2) is 5.55. The second-order valence-corrected chi connectivity index (χ2v) is 8.27. The minimum absolute atomic E-state index is 0.105. The summed E-state index contributed by atoms with van der Waals surface area (Å²) in [6.07, 6.45) is 4.18.